The summed E-state index contributed by atoms with van der Waals surface area (Å²) in [4.78, 5) is 24.6. The van der Waals surface area contributed by atoms with Crippen LogP contribution in [0.5, 0.6) is 0 Å². The molecule has 8 heteroatoms. The van der Waals surface area contributed by atoms with E-state index in [0.29, 0.717) is 0 Å². The Bertz CT molecular complexity index is 722. The van der Waals surface area contributed by atoms with Crippen LogP contribution in [0, 0.1) is 5.41 Å². The van der Waals surface area contributed by atoms with Crippen molar-refractivity contribution in [3.05, 3.63) is 40.2 Å². The molecule has 0 amide bonds. The SMILES string of the molecule is CCOC(=O)C(C)(C/C(Br)=C\S(=O)(=O)c1ccccc1)C(=O)OCC. The lowest BCUT2D eigenvalue weighted by Crippen LogP contribution is -2.39. The van der Waals surface area contributed by atoms with Gasteiger partial charge >= 0.3 is 11.9 Å². The number of allylic oxidation sites excluding steroid dienone is 1. The van der Waals surface area contributed by atoms with E-state index >= 15 is 0 Å². The topological polar surface area (TPSA) is 86.7 Å². The van der Waals surface area contributed by atoms with Gasteiger partial charge < -0.3 is 9.47 Å². The maximum Gasteiger partial charge on any atom is 0.323 e. The Morgan fingerprint density at radius 2 is 1.56 bits per heavy atom. The molecule has 0 bridgehead atoms. The van der Waals surface area contributed by atoms with Crippen molar-refractivity contribution in [1.82, 2.24) is 0 Å². The number of ether oxygens (including phenoxy) is 2. The molecule has 0 N–H and O–H groups in total. The summed E-state index contributed by atoms with van der Waals surface area (Å²) < 4.78 is 34.8. The first-order valence-electron chi connectivity index (χ1n) is 7.68. The van der Waals surface area contributed by atoms with Gasteiger partial charge in [-0.1, -0.05) is 34.1 Å². The predicted octanol–water partition coefficient (Wildman–Crippen LogP) is 3.22. The van der Waals surface area contributed by atoms with Gasteiger partial charge in [0.15, 0.2) is 5.41 Å². The predicted molar refractivity (Wildman–Crippen MR) is 96.6 cm³/mol. The van der Waals surface area contributed by atoms with Gasteiger partial charge in [0.1, 0.15) is 0 Å². The number of carbonyl (C=O) groups excluding carboxylic acids is 2. The third kappa shape index (κ3) is 5.67. The highest BCUT2D eigenvalue weighted by molar-refractivity contribution is 9.11. The van der Waals surface area contributed by atoms with Crippen LogP contribution in [0.1, 0.15) is 27.2 Å². The van der Waals surface area contributed by atoms with E-state index < -0.39 is 27.2 Å². The second kappa shape index (κ2) is 9.15. The Labute approximate surface area is 156 Å². The number of halogens is 1. The van der Waals surface area contributed by atoms with E-state index in [0.717, 1.165) is 5.41 Å². The smallest absolute Gasteiger partial charge is 0.323 e. The van der Waals surface area contributed by atoms with Crippen molar-refractivity contribution in [2.45, 2.75) is 32.1 Å². The third-order valence-corrected chi connectivity index (χ3v) is 5.67. The molecule has 0 atom stereocenters. The first kappa shape index (κ1) is 21.4. The van der Waals surface area contributed by atoms with Crippen LogP contribution in [0.4, 0.5) is 0 Å². The number of rotatable bonds is 8. The van der Waals surface area contributed by atoms with Crippen molar-refractivity contribution >= 4 is 37.7 Å². The summed E-state index contributed by atoms with van der Waals surface area (Å²) in [6.07, 6.45) is -0.198. The molecule has 0 saturated carbocycles. The van der Waals surface area contributed by atoms with E-state index in [1.165, 1.54) is 19.1 Å². The minimum atomic E-state index is -3.72. The summed E-state index contributed by atoms with van der Waals surface area (Å²) in [7, 11) is -3.72. The zero-order valence-corrected chi connectivity index (χ0v) is 16.7. The molecule has 25 heavy (non-hydrogen) atoms. The summed E-state index contributed by atoms with van der Waals surface area (Å²) in [5, 5.41) is 0.985. The summed E-state index contributed by atoms with van der Waals surface area (Å²) >= 11 is 3.15. The monoisotopic (exact) mass is 432 g/mol. The van der Waals surface area contributed by atoms with Crippen LogP contribution in [-0.2, 0) is 28.9 Å². The third-order valence-electron chi connectivity index (χ3n) is 3.33. The maximum atomic E-state index is 12.4. The van der Waals surface area contributed by atoms with E-state index in [4.69, 9.17) is 9.47 Å². The second-order valence-corrected chi connectivity index (χ2v) is 8.19. The molecule has 0 saturated heterocycles. The zero-order valence-electron chi connectivity index (χ0n) is 14.3. The number of sulfone groups is 1. The molecule has 6 nitrogen and oxygen atoms in total. The molecule has 1 rings (SSSR count). The Kier molecular flexibility index (Phi) is 7.82. The minimum absolute atomic E-state index is 0.0947. The van der Waals surface area contributed by atoms with Crippen LogP contribution < -0.4 is 0 Å². The largest absolute Gasteiger partial charge is 0.465 e. The quantitative estimate of drug-likeness (QED) is 0.462. The highest BCUT2D eigenvalue weighted by Gasteiger charge is 2.44. The molecule has 0 aliphatic heterocycles. The Morgan fingerprint density at radius 3 is 2.00 bits per heavy atom. The molecule has 0 spiro atoms. The number of benzene rings is 1. The molecule has 0 aromatic heterocycles. The molecular weight excluding hydrogens is 412 g/mol. The molecule has 1 aromatic carbocycles. The van der Waals surface area contributed by atoms with Crippen molar-refractivity contribution in [2.75, 3.05) is 13.2 Å². The van der Waals surface area contributed by atoms with Gasteiger partial charge in [0.2, 0.25) is 9.84 Å². The van der Waals surface area contributed by atoms with Gasteiger partial charge in [0.25, 0.3) is 0 Å². The van der Waals surface area contributed by atoms with Gasteiger partial charge in [0, 0.05) is 16.3 Å². The van der Waals surface area contributed by atoms with Crippen molar-refractivity contribution in [2.24, 2.45) is 5.41 Å². The first-order valence-corrected chi connectivity index (χ1v) is 10.0. The lowest BCUT2D eigenvalue weighted by atomic mass is 9.87. The van der Waals surface area contributed by atoms with E-state index in [-0.39, 0.29) is 29.0 Å². The fraction of sp³-hybridized carbons (Fsp3) is 0.412. The van der Waals surface area contributed by atoms with Gasteiger partial charge in [-0.2, -0.15) is 0 Å². The van der Waals surface area contributed by atoms with Crippen molar-refractivity contribution in [3.63, 3.8) is 0 Å². The van der Waals surface area contributed by atoms with Gasteiger partial charge in [0.05, 0.1) is 18.1 Å². The van der Waals surface area contributed by atoms with E-state index in [9.17, 15) is 18.0 Å². The molecule has 0 fully saturated rings. The van der Waals surface area contributed by atoms with Crippen LogP contribution in [-0.4, -0.2) is 33.6 Å². The summed E-state index contributed by atoms with van der Waals surface area (Å²) in [5.41, 5.74) is -1.65. The van der Waals surface area contributed by atoms with Crippen LogP contribution in [0.2, 0.25) is 0 Å². The number of esters is 2. The standard InChI is InChI=1S/C17H21BrO6S/c1-4-23-15(19)17(3,16(20)24-5-2)11-13(18)12-25(21,22)14-9-7-6-8-10-14/h6-10,12H,4-5,11H2,1-3H3/b13-12+. The fourth-order valence-electron chi connectivity index (χ4n) is 2.03. The Hall–Kier alpha value is -1.67. The number of hydrogen-bond acceptors (Lipinski definition) is 6. The average Bonchev–Trinajstić information content (AvgIpc) is 2.55. The summed E-state index contributed by atoms with van der Waals surface area (Å²) in [5.74, 6) is -1.54. The highest BCUT2D eigenvalue weighted by Crippen LogP contribution is 2.33. The van der Waals surface area contributed by atoms with Crippen LogP contribution in [0.25, 0.3) is 0 Å². The number of hydrogen-bond donors (Lipinski definition) is 0. The molecule has 0 unspecified atom stereocenters. The number of carbonyl (C=O) groups is 2. The first-order chi connectivity index (χ1) is 11.7. The normalized spacial score (nSPS) is 12.6. The summed E-state index contributed by atoms with van der Waals surface area (Å²) in [6.45, 7) is 4.80. The lowest BCUT2D eigenvalue weighted by Gasteiger charge is -2.24. The maximum absolute atomic E-state index is 12.4. The minimum Gasteiger partial charge on any atom is -0.465 e. The highest BCUT2D eigenvalue weighted by atomic mass is 79.9. The van der Waals surface area contributed by atoms with E-state index in [2.05, 4.69) is 15.9 Å². The zero-order chi connectivity index (χ0) is 19.1. The Balaban J connectivity index is 3.15. The van der Waals surface area contributed by atoms with E-state index in [1.807, 2.05) is 0 Å². The van der Waals surface area contributed by atoms with E-state index in [1.54, 1.807) is 32.0 Å². The van der Waals surface area contributed by atoms with Crippen molar-refractivity contribution < 1.29 is 27.5 Å². The average molecular weight is 433 g/mol. The molecule has 138 valence electrons. The summed E-state index contributed by atoms with van der Waals surface area (Å²) in [6, 6.07) is 7.84. The fourth-order valence-corrected chi connectivity index (χ4v) is 4.43. The van der Waals surface area contributed by atoms with Crippen LogP contribution in [0.3, 0.4) is 0 Å². The van der Waals surface area contributed by atoms with Crippen molar-refractivity contribution in [3.8, 4) is 0 Å². The lowest BCUT2D eigenvalue weighted by molar-refractivity contribution is -0.170. The molecule has 0 aliphatic carbocycles. The molecular formula is C17H21BrO6S. The van der Waals surface area contributed by atoms with Crippen LogP contribution in [0.15, 0.2) is 45.1 Å². The Morgan fingerprint density at radius 1 is 1.08 bits per heavy atom. The van der Waals surface area contributed by atoms with Gasteiger partial charge in [-0.3, -0.25) is 9.59 Å². The molecule has 0 aliphatic rings. The van der Waals surface area contributed by atoms with Gasteiger partial charge in [-0.15, -0.1) is 0 Å². The molecule has 1 aromatic rings. The van der Waals surface area contributed by atoms with Crippen LogP contribution >= 0.6 is 15.9 Å². The van der Waals surface area contributed by atoms with Gasteiger partial charge in [-0.05, 0) is 32.9 Å². The van der Waals surface area contributed by atoms with Crippen molar-refractivity contribution in [1.29, 1.82) is 0 Å². The molecule has 0 radical (unpaired) electrons. The van der Waals surface area contributed by atoms with Gasteiger partial charge in [-0.25, -0.2) is 8.42 Å². The second-order valence-electron chi connectivity index (χ2n) is 5.37. The molecule has 0 heterocycles.